The first-order valence-electron chi connectivity index (χ1n) is 6.58. The summed E-state index contributed by atoms with van der Waals surface area (Å²) in [6.45, 7) is 0.770. The molecular weight excluding hydrogens is 276 g/mol. The molecular formula is C14H15ClN4O. The van der Waals surface area contributed by atoms with Gasteiger partial charge in [-0.25, -0.2) is 9.97 Å². The number of rotatable bonds is 3. The van der Waals surface area contributed by atoms with E-state index in [0.29, 0.717) is 11.0 Å². The van der Waals surface area contributed by atoms with Crippen LogP contribution in [0.5, 0.6) is 0 Å². The van der Waals surface area contributed by atoms with Gasteiger partial charge in [0.05, 0.1) is 23.5 Å². The maximum Gasteiger partial charge on any atom is 0.222 e. The average Bonchev–Trinajstić information content (AvgIpc) is 2.51. The zero-order chi connectivity index (χ0) is 13.8. The van der Waals surface area contributed by atoms with Crippen molar-refractivity contribution < 1.29 is 4.74 Å². The van der Waals surface area contributed by atoms with E-state index in [4.69, 9.17) is 16.3 Å². The molecule has 2 aromatic rings. The molecule has 3 rings (SSSR count). The lowest BCUT2D eigenvalue weighted by atomic mass is 9.97. The highest BCUT2D eigenvalue weighted by molar-refractivity contribution is 6.30. The van der Waals surface area contributed by atoms with Crippen LogP contribution in [0.15, 0.2) is 36.9 Å². The molecule has 1 saturated heterocycles. The van der Waals surface area contributed by atoms with Crippen LogP contribution in [0.4, 0.5) is 5.95 Å². The summed E-state index contributed by atoms with van der Waals surface area (Å²) in [5.74, 6) is 0.573. The first-order chi connectivity index (χ1) is 9.83. The Labute approximate surface area is 122 Å². The van der Waals surface area contributed by atoms with Crippen LogP contribution in [0.3, 0.4) is 0 Å². The van der Waals surface area contributed by atoms with Gasteiger partial charge in [0.25, 0.3) is 0 Å². The molecule has 20 heavy (non-hydrogen) atoms. The molecule has 0 radical (unpaired) electrons. The van der Waals surface area contributed by atoms with Crippen molar-refractivity contribution in [2.24, 2.45) is 0 Å². The number of anilines is 1. The van der Waals surface area contributed by atoms with Gasteiger partial charge in [-0.15, -0.1) is 0 Å². The number of ether oxygens (including phenoxy) is 1. The maximum absolute atomic E-state index is 5.90. The summed E-state index contributed by atoms with van der Waals surface area (Å²) in [6.07, 6.45) is 8.76. The van der Waals surface area contributed by atoms with Gasteiger partial charge in [0, 0.05) is 19.0 Å². The lowest BCUT2D eigenvalue weighted by Crippen LogP contribution is -2.34. The number of nitrogens with one attached hydrogen (secondary N) is 1. The monoisotopic (exact) mass is 290 g/mol. The number of halogens is 1. The Morgan fingerprint density at radius 2 is 1.95 bits per heavy atom. The minimum Gasteiger partial charge on any atom is -0.371 e. The van der Waals surface area contributed by atoms with Crippen molar-refractivity contribution in [3.8, 4) is 0 Å². The Kier molecular flexibility index (Phi) is 4.08. The van der Waals surface area contributed by atoms with Gasteiger partial charge in [0.15, 0.2) is 0 Å². The molecule has 2 aromatic heterocycles. The zero-order valence-corrected chi connectivity index (χ0v) is 11.6. The van der Waals surface area contributed by atoms with Crippen molar-refractivity contribution in [3.05, 3.63) is 47.5 Å². The van der Waals surface area contributed by atoms with E-state index >= 15 is 0 Å². The standard InChI is InChI=1S/C14H15ClN4O/c15-11-8-17-14(18-9-11)19-12-2-1-7-20-13(12)10-3-5-16-6-4-10/h3-6,8-9,12-13H,1-2,7H2,(H,17,18,19)/t12-,13+/m0/s1. The fourth-order valence-electron chi connectivity index (χ4n) is 2.36. The third kappa shape index (κ3) is 3.05. The summed E-state index contributed by atoms with van der Waals surface area (Å²) in [5, 5.41) is 3.86. The van der Waals surface area contributed by atoms with E-state index in [1.165, 1.54) is 0 Å². The Morgan fingerprint density at radius 3 is 2.70 bits per heavy atom. The van der Waals surface area contributed by atoms with E-state index in [1.54, 1.807) is 24.8 Å². The maximum atomic E-state index is 5.90. The molecule has 6 heteroatoms. The topological polar surface area (TPSA) is 59.9 Å². The predicted molar refractivity (Wildman–Crippen MR) is 76.6 cm³/mol. The molecule has 104 valence electrons. The van der Waals surface area contributed by atoms with Crippen LogP contribution in [-0.4, -0.2) is 27.6 Å². The molecule has 0 bridgehead atoms. The number of hydrogen-bond acceptors (Lipinski definition) is 5. The van der Waals surface area contributed by atoms with E-state index in [9.17, 15) is 0 Å². The minimum atomic E-state index is -0.00831. The molecule has 0 amide bonds. The molecule has 1 fully saturated rings. The second-order valence-electron chi connectivity index (χ2n) is 4.69. The molecule has 0 saturated carbocycles. The third-order valence-electron chi connectivity index (χ3n) is 3.29. The van der Waals surface area contributed by atoms with Gasteiger partial charge in [-0.05, 0) is 30.5 Å². The molecule has 0 aliphatic carbocycles. The van der Waals surface area contributed by atoms with Crippen molar-refractivity contribution in [2.45, 2.75) is 25.0 Å². The molecule has 1 N–H and O–H groups in total. The fraction of sp³-hybridized carbons (Fsp3) is 0.357. The summed E-state index contributed by atoms with van der Waals surface area (Å²) in [7, 11) is 0. The molecule has 0 aromatic carbocycles. The zero-order valence-electron chi connectivity index (χ0n) is 10.9. The van der Waals surface area contributed by atoms with Gasteiger partial charge >= 0.3 is 0 Å². The van der Waals surface area contributed by atoms with E-state index in [0.717, 1.165) is 25.0 Å². The highest BCUT2D eigenvalue weighted by Crippen LogP contribution is 2.29. The summed E-state index contributed by atoms with van der Waals surface area (Å²) in [6, 6.07) is 4.10. The normalized spacial score (nSPS) is 22.4. The van der Waals surface area contributed by atoms with Crippen LogP contribution in [0.25, 0.3) is 0 Å². The number of hydrogen-bond donors (Lipinski definition) is 1. The number of aromatic nitrogens is 3. The van der Waals surface area contributed by atoms with Crippen molar-refractivity contribution >= 4 is 17.5 Å². The first kappa shape index (κ1) is 13.3. The molecule has 2 atom stereocenters. The number of nitrogens with zero attached hydrogens (tertiary/aromatic N) is 3. The van der Waals surface area contributed by atoms with Crippen LogP contribution >= 0.6 is 11.6 Å². The second-order valence-corrected chi connectivity index (χ2v) is 5.13. The van der Waals surface area contributed by atoms with Crippen molar-refractivity contribution in [1.29, 1.82) is 0 Å². The summed E-state index contributed by atoms with van der Waals surface area (Å²) >= 11 is 5.79. The highest BCUT2D eigenvalue weighted by atomic mass is 35.5. The molecule has 0 spiro atoms. The number of pyridine rings is 1. The second kappa shape index (κ2) is 6.15. The van der Waals surface area contributed by atoms with Crippen molar-refractivity contribution in [2.75, 3.05) is 11.9 Å². The summed E-state index contributed by atoms with van der Waals surface area (Å²) in [5.41, 5.74) is 1.12. The minimum absolute atomic E-state index is 0.00831. The quantitative estimate of drug-likeness (QED) is 0.942. The van der Waals surface area contributed by atoms with Crippen molar-refractivity contribution in [3.63, 3.8) is 0 Å². The Balaban J connectivity index is 1.77. The molecule has 1 aliphatic rings. The Hall–Kier alpha value is -1.72. The molecule has 1 aliphatic heterocycles. The predicted octanol–water partition coefficient (Wildman–Crippen LogP) is 2.86. The van der Waals surface area contributed by atoms with Crippen molar-refractivity contribution in [1.82, 2.24) is 15.0 Å². The van der Waals surface area contributed by atoms with Crippen LogP contribution < -0.4 is 5.32 Å². The van der Waals surface area contributed by atoms with Gasteiger partial charge in [0.1, 0.15) is 6.10 Å². The van der Waals surface area contributed by atoms with Crippen LogP contribution in [0, 0.1) is 0 Å². The van der Waals surface area contributed by atoms with Gasteiger partial charge in [0.2, 0.25) is 5.95 Å². The smallest absolute Gasteiger partial charge is 0.222 e. The third-order valence-corrected chi connectivity index (χ3v) is 3.49. The molecule has 0 unspecified atom stereocenters. The lowest BCUT2D eigenvalue weighted by Gasteiger charge is -2.32. The van der Waals surface area contributed by atoms with Gasteiger partial charge < -0.3 is 10.1 Å². The SMILES string of the molecule is Clc1cnc(N[C@H]2CCCO[C@@H]2c2ccncc2)nc1. The average molecular weight is 291 g/mol. The van der Waals surface area contributed by atoms with E-state index in [-0.39, 0.29) is 12.1 Å². The van der Waals surface area contributed by atoms with E-state index < -0.39 is 0 Å². The Morgan fingerprint density at radius 1 is 1.20 bits per heavy atom. The largest absolute Gasteiger partial charge is 0.371 e. The van der Waals surface area contributed by atoms with Gasteiger partial charge in [-0.1, -0.05) is 11.6 Å². The van der Waals surface area contributed by atoms with Gasteiger partial charge in [-0.2, -0.15) is 0 Å². The molecule has 5 nitrogen and oxygen atoms in total. The Bertz CT molecular complexity index is 549. The highest BCUT2D eigenvalue weighted by Gasteiger charge is 2.27. The van der Waals surface area contributed by atoms with Crippen LogP contribution in [-0.2, 0) is 4.74 Å². The van der Waals surface area contributed by atoms with Gasteiger partial charge in [-0.3, -0.25) is 4.98 Å². The van der Waals surface area contributed by atoms with Crippen LogP contribution in [0.2, 0.25) is 5.02 Å². The lowest BCUT2D eigenvalue weighted by molar-refractivity contribution is 0.00541. The summed E-state index contributed by atoms with van der Waals surface area (Å²) < 4.78 is 5.90. The van der Waals surface area contributed by atoms with Crippen LogP contribution in [0.1, 0.15) is 24.5 Å². The molecule has 3 heterocycles. The van der Waals surface area contributed by atoms with E-state index in [2.05, 4.69) is 20.3 Å². The summed E-state index contributed by atoms with van der Waals surface area (Å²) in [4.78, 5) is 12.4. The fourth-order valence-corrected chi connectivity index (χ4v) is 2.46. The first-order valence-corrected chi connectivity index (χ1v) is 6.96. The van der Waals surface area contributed by atoms with E-state index in [1.807, 2.05) is 12.1 Å².